The molecule has 0 spiro atoms. The quantitative estimate of drug-likeness (QED) is 0.852. The van der Waals surface area contributed by atoms with Crippen LogP contribution < -0.4 is 5.32 Å². The number of ether oxygens (including phenoxy) is 1. The van der Waals surface area contributed by atoms with Gasteiger partial charge in [-0.2, -0.15) is 0 Å². The molecule has 0 bridgehead atoms. The fraction of sp³-hybridized carbons (Fsp3) is 0.353. The Kier molecular flexibility index (Phi) is 4.37. The van der Waals surface area contributed by atoms with Gasteiger partial charge in [-0.15, -0.1) is 6.42 Å². The van der Waals surface area contributed by atoms with Crippen molar-refractivity contribution in [1.82, 2.24) is 10.3 Å². The minimum atomic E-state index is -0.379. The van der Waals surface area contributed by atoms with E-state index < -0.39 is 0 Å². The standard InChI is InChI=1S/C17H17ClN2O2/c1-2-13(15-7-4-8-22-15)20-16(21)9-11-10-19-14-6-3-5-12(18)17(11)14/h1,3,5-6,10,13,15,19H,4,7-9H2,(H,20,21)/t13-,15-/m0/s1. The lowest BCUT2D eigenvalue weighted by Crippen LogP contribution is -2.42. The number of carbonyl (C=O) groups is 1. The lowest BCUT2D eigenvalue weighted by Gasteiger charge is -2.19. The molecule has 0 saturated carbocycles. The fourth-order valence-corrected chi connectivity index (χ4v) is 3.15. The third-order valence-corrected chi connectivity index (χ3v) is 4.24. The molecule has 1 saturated heterocycles. The molecule has 5 heteroatoms. The van der Waals surface area contributed by atoms with Crippen molar-refractivity contribution >= 4 is 28.4 Å². The first kappa shape index (κ1) is 15.0. The molecule has 114 valence electrons. The lowest BCUT2D eigenvalue weighted by atomic mass is 10.1. The van der Waals surface area contributed by atoms with Gasteiger partial charge < -0.3 is 15.0 Å². The van der Waals surface area contributed by atoms with Crippen molar-refractivity contribution in [2.45, 2.75) is 31.4 Å². The molecule has 0 unspecified atom stereocenters. The van der Waals surface area contributed by atoms with Crippen LogP contribution in [0.3, 0.4) is 0 Å². The Hall–Kier alpha value is -1.96. The fourth-order valence-electron chi connectivity index (χ4n) is 2.85. The minimum Gasteiger partial charge on any atom is -0.375 e. The molecule has 0 radical (unpaired) electrons. The zero-order valence-electron chi connectivity index (χ0n) is 12.1. The topological polar surface area (TPSA) is 54.1 Å². The number of fused-ring (bicyclic) bond motifs is 1. The van der Waals surface area contributed by atoms with E-state index in [4.69, 9.17) is 22.8 Å². The molecule has 22 heavy (non-hydrogen) atoms. The third-order valence-electron chi connectivity index (χ3n) is 3.92. The summed E-state index contributed by atoms with van der Waals surface area (Å²) in [4.78, 5) is 15.4. The predicted molar refractivity (Wildman–Crippen MR) is 86.8 cm³/mol. The molecule has 0 aliphatic carbocycles. The third kappa shape index (κ3) is 2.96. The molecule has 2 atom stereocenters. The molecule has 1 amide bonds. The molecule has 1 aliphatic rings. The first-order chi connectivity index (χ1) is 10.7. The Balaban J connectivity index is 1.72. The van der Waals surface area contributed by atoms with Crippen LogP contribution in [0.25, 0.3) is 10.9 Å². The Morgan fingerprint density at radius 2 is 2.45 bits per heavy atom. The van der Waals surface area contributed by atoms with E-state index in [1.54, 1.807) is 0 Å². The highest BCUT2D eigenvalue weighted by molar-refractivity contribution is 6.35. The van der Waals surface area contributed by atoms with E-state index in [2.05, 4.69) is 16.2 Å². The highest BCUT2D eigenvalue weighted by atomic mass is 35.5. The largest absolute Gasteiger partial charge is 0.375 e. The van der Waals surface area contributed by atoms with Crippen LogP contribution in [0.2, 0.25) is 5.02 Å². The summed E-state index contributed by atoms with van der Waals surface area (Å²) < 4.78 is 5.55. The maximum atomic E-state index is 12.3. The molecule has 3 rings (SSSR count). The van der Waals surface area contributed by atoms with Crippen LogP contribution in [-0.2, 0) is 16.0 Å². The number of amides is 1. The van der Waals surface area contributed by atoms with Crippen LogP contribution in [0.1, 0.15) is 18.4 Å². The smallest absolute Gasteiger partial charge is 0.225 e. The highest BCUT2D eigenvalue weighted by Crippen LogP contribution is 2.26. The Labute approximate surface area is 134 Å². The summed E-state index contributed by atoms with van der Waals surface area (Å²) in [6.45, 7) is 0.705. The Bertz CT molecular complexity index is 726. The summed E-state index contributed by atoms with van der Waals surface area (Å²) in [5.41, 5.74) is 1.78. The second-order valence-corrected chi connectivity index (χ2v) is 5.82. The van der Waals surface area contributed by atoms with Gasteiger partial charge >= 0.3 is 0 Å². The van der Waals surface area contributed by atoms with Crippen molar-refractivity contribution in [3.8, 4) is 12.3 Å². The normalized spacial score (nSPS) is 19.0. The van der Waals surface area contributed by atoms with Gasteiger partial charge in [-0.1, -0.05) is 23.6 Å². The Morgan fingerprint density at radius 3 is 3.18 bits per heavy atom. The molecule has 2 heterocycles. The average Bonchev–Trinajstić information content (AvgIpc) is 3.15. The maximum absolute atomic E-state index is 12.3. The summed E-state index contributed by atoms with van der Waals surface area (Å²) in [5.74, 6) is 2.49. The van der Waals surface area contributed by atoms with E-state index in [-0.39, 0.29) is 24.5 Å². The van der Waals surface area contributed by atoms with Gasteiger partial charge in [0.1, 0.15) is 6.04 Å². The van der Waals surface area contributed by atoms with E-state index in [1.165, 1.54) is 0 Å². The first-order valence-electron chi connectivity index (χ1n) is 7.30. The number of hydrogen-bond acceptors (Lipinski definition) is 2. The number of carbonyl (C=O) groups excluding carboxylic acids is 1. The van der Waals surface area contributed by atoms with Crippen molar-refractivity contribution in [2.75, 3.05) is 6.61 Å². The van der Waals surface area contributed by atoms with Gasteiger partial charge in [0.15, 0.2) is 0 Å². The van der Waals surface area contributed by atoms with E-state index in [9.17, 15) is 4.79 Å². The van der Waals surface area contributed by atoms with Gasteiger partial charge in [-0.05, 0) is 30.5 Å². The summed E-state index contributed by atoms with van der Waals surface area (Å²) in [7, 11) is 0. The monoisotopic (exact) mass is 316 g/mol. The minimum absolute atomic E-state index is 0.0829. The number of H-pyrrole nitrogens is 1. The van der Waals surface area contributed by atoms with Crippen LogP contribution in [0.15, 0.2) is 24.4 Å². The number of rotatable bonds is 4. The number of halogens is 1. The molecule has 2 aromatic rings. The van der Waals surface area contributed by atoms with Crippen molar-refractivity contribution < 1.29 is 9.53 Å². The highest BCUT2D eigenvalue weighted by Gasteiger charge is 2.26. The van der Waals surface area contributed by atoms with Gasteiger partial charge in [0.05, 0.1) is 17.5 Å². The second kappa shape index (κ2) is 6.43. The lowest BCUT2D eigenvalue weighted by molar-refractivity contribution is -0.121. The SMILES string of the molecule is C#C[C@H](NC(=O)Cc1c[nH]c2cccc(Cl)c12)[C@@H]1CCCO1. The van der Waals surface area contributed by atoms with Crippen LogP contribution in [0.5, 0.6) is 0 Å². The molecular weight excluding hydrogens is 300 g/mol. The van der Waals surface area contributed by atoms with E-state index >= 15 is 0 Å². The van der Waals surface area contributed by atoms with E-state index in [0.717, 1.165) is 29.3 Å². The number of aromatic nitrogens is 1. The van der Waals surface area contributed by atoms with Gasteiger partial charge in [0, 0.05) is 23.7 Å². The molecule has 1 aromatic heterocycles. The van der Waals surface area contributed by atoms with Crippen molar-refractivity contribution in [3.63, 3.8) is 0 Å². The van der Waals surface area contributed by atoms with Crippen LogP contribution in [0.4, 0.5) is 0 Å². The summed E-state index contributed by atoms with van der Waals surface area (Å²) in [5, 5.41) is 4.39. The van der Waals surface area contributed by atoms with Crippen LogP contribution in [-0.4, -0.2) is 29.6 Å². The molecule has 1 fully saturated rings. The van der Waals surface area contributed by atoms with Crippen LogP contribution in [0, 0.1) is 12.3 Å². The predicted octanol–water partition coefficient (Wildman–Crippen LogP) is 2.66. The van der Waals surface area contributed by atoms with Crippen LogP contribution >= 0.6 is 11.6 Å². The average molecular weight is 317 g/mol. The van der Waals surface area contributed by atoms with Gasteiger partial charge in [-0.3, -0.25) is 4.79 Å². The zero-order valence-corrected chi connectivity index (χ0v) is 12.8. The molecular formula is C17H17ClN2O2. The second-order valence-electron chi connectivity index (χ2n) is 5.42. The number of hydrogen-bond donors (Lipinski definition) is 2. The number of terminal acetylenes is 1. The van der Waals surface area contributed by atoms with E-state index in [1.807, 2.05) is 24.4 Å². The first-order valence-corrected chi connectivity index (χ1v) is 7.68. The number of aromatic amines is 1. The van der Waals surface area contributed by atoms with Gasteiger partial charge in [0.2, 0.25) is 5.91 Å². The molecule has 1 aromatic carbocycles. The summed E-state index contributed by atoms with van der Waals surface area (Å²) in [6, 6.07) is 5.24. The number of benzene rings is 1. The summed E-state index contributed by atoms with van der Waals surface area (Å²) >= 11 is 6.22. The molecule has 4 nitrogen and oxygen atoms in total. The van der Waals surface area contributed by atoms with E-state index in [0.29, 0.717) is 11.6 Å². The van der Waals surface area contributed by atoms with Gasteiger partial charge in [0.25, 0.3) is 0 Å². The number of nitrogens with one attached hydrogen (secondary N) is 2. The van der Waals surface area contributed by atoms with Crippen molar-refractivity contribution in [1.29, 1.82) is 0 Å². The molecule has 1 aliphatic heterocycles. The summed E-state index contributed by atoms with van der Waals surface area (Å²) in [6.07, 6.45) is 9.34. The molecule has 2 N–H and O–H groups in total. The van der Waals surface area contributed by atoms with Crippen molar-refractivity contribution in [2.24, 2.45) is 0 Å². The van der Waals surface area contributed by atoms with Gasteiger partial charge in [-0.25, -0.2) is 0 Å². The Morgan fingerprint density at radius 1 is 1.59 bits per heavy atom. The van der Waals surface area contributed by atoms with Crippen molar-refractivity contribution in [3.05, 3.63) is 35.0 Å². The maximum Gasteiger partial charge on any atom is 0.225 e. The zero-order chi connectivity index (χ0) is 15.5.